The first kappa shape index (κ1) is 20.8. The summed E-state index contributed by atoms with van der Waals surface area (Å²) in [7, 11) is 3.02. The Morgan fingerprint density at radius 2 is 1.62 bits per heavy atom. The predicted octanol–water partition coefficient (Wildman–Crippen LogP) is 3.44. The molecular formula is C22H27N3O4. The Balaban J connectivity index is 1.57. The molecule has 0 aliphatic carbocycles. The molecule has 7 nitrogen and oxygen atoms in total. The zero-order valence-corrected chi connectivity index (χ0v) is 16.9. The number of ether oxygens (including phenoxy) is 2. The van der Waals surface area contributed by atoms with Crippen molar-refractivity contribution in [3.05, 3.63) is 69.8 Å². The molecule has 0 saturated carbocycles. The van der Waals surface area contributed by atoms with E-state index < -0.39 is 0 Å². The zero-order valence-electron chi connectivity index (χ0n) is 16.9. The van der Waals surface area contributed by atoms with E-state index in [0.717, 1.165) is 32.7 Å². The van der Waals surface area contributed by atoms with Crippen LogP contribution in [0, 0.1) is 10.1 Å². The Morgan fingerprint density at radius 1 is 1.00 bits per heavy atom. The number of nitrogens with zero attached hydrogens (tertiary/aromatic N) is 3. The molecule has 0 atom stereocenters. The average molecular weight is 397 g/mol. The number of nitro groups is 1. The summed E-state index contributed by atoms with van der Waals surface area (Å²) in [5, 5.41) is 11.5. The molecule has 0 spiro atoms. The van der Waals surface area contributed by atoms with E-state index in [1.165, 1.54) is 25.8 Å². The second kappa shape index (κ2) is 10.0. The van der Waals surface area contributed by atoms with Crippen molar-refractivity contribution in [2.24, 2.45) is 0 Å². The SMILES string of the molecule is COc1cc(CN2CCN(CC=Cc3ccccc3)CC2)c([N+](=O)[O-])cc1OC. The largest absolute Gasteiger partial charge is 0.493 e. The van der Waals surface area contributed by atoms with Crippen molar-refractivity contribution in [3.63, 3.8) is 0 Å². The van der Waals surface area contributed by atoms with Crippen LogP contribution in [-0.4, -0.2) is 61.7 Å². The number of benzene rings is 2. The maximum absolute atomic E-state index is 11.5. The highest BCUT2D eigenvalue weighted by atomic mass is 16.6. The first-order chi connectivity index (χ1) is 14.1. The van der Waals surface area contributed by atoms with E-state index in [9.17, 15) is 10.1 Å². The third kappa shape index (κ3) is 5.56. The van der Waals surface area contributed by atoms with Gasteiger partial charge in [0.2, 0.25) is 0 Å². The van der Waals surface area contributed by atoms with Gasteiger partial charge in [0.1, 0.15) is 0 Å². The normalized spacial score (nSPS) is 15.5. The van der Waals surface area contributed by atoms with Crippen molar-refractivity contribution in [1.82, 2.24) is 9.80 Å². The summed E-state index contributed by atoms with van der Waals surface area (Å²) in [4.78, 5) is 15.8. The monoisotopic (exact) mass is 397 g/mol. The van der Waals surface area contributed by atoms with Crippen LogP contribution < -0.4 is 9.47 Å². The van der Waals surface area contributed by atoms with E-state index in [4.69, 9.17) is 9.47 Å². The minimum atomic E-state index is -0.359. The first-order valence-corrected chi connectivity index (χ1v) is 9.66. The van der Waals surface area contributed by atoms with Gasteiger partial charge in [-0.05, 0) is 11.6 Å². The highest BCUT2D eigenvalue weighted by Crippen LogP contribution is 2.35. The molecule has 0 amide bonds. The molecule has 0 radical (unpaired) electrons. The van der Waals surface area contributed by atoms with Crippen LogP contribution >= 0.6 is 0 Å². The van der Waals surface area contributed by atoms with Crippen molar-refractivity contribution in [3.8, 4) is 11.5 Å². The van der Waals surface area contributed by atoms with Crippen LogP contribution in [0.3, 0.4) is 0 Å². The van der Waals surface area contributed by atoms with Gasteiger partial charge in [0.05, 0.1) is 25.2 Å². The van der Waals surface area contributed by atoms with Crippen LogP contribution in [0.5, 0.6) is 11.5 Å². The molecule has 2 aromatic rings. The molecule has 0 aromatic heterocycles. The Morgan fingerprint density at radius 3 is 2.24 bits per heavy atom. The molecule has 154 valence electrons. The fraction of sp³-hybridized carbons (Fsp3) is 0.364. The molecular weight excluding hydrogens is 370 g/mol. The third-order valence-electron chi connectivity index (χ3n) is 5.11. The summed E-state index contributed by atoms with van der Waals surface area (Å²) in [6.07, 6.45) is 4.32. The molecule has 29 heavy (non-hydrogen) atoms. The van der Waals surface area contributed by atoms with Crippen LogP contribution in [0.2, 0.25) is 0 Å². The number of piperazine rings is 1. The van der Waals surface area contributed by atoms with E-state index in [0.29, 0.717) is 23.6 Å². The number of hydrogen-bond acceptors (Lipinski definition) is 6. The van der Waals surface area contributed by atoms with Crippen LogP contribution in [0.25, 0.3) is 6.08 Å². The lowest BCUT2D eigenvalue weighted by Gasteiger charge is -2.34. The smallest absolute Gasteiger partial charge is 0.277 e. The molecule has 1 aliphatic heterocycles. The fourth-order valence-electron chi connectivity index (χ4n) is 3.48. The molecule has 3 rings (SSSR count). The van der Waals surface area contributed by atoms with E-state index in [2.05, 4.69) is 34.1 Å². The second-order valence-electron chi connectivity index (χ2n) is 6.98. The highest BCUT2D eigenvalue weighted by molar-refractivity contribution is 5.54. The molecule has 0 unspecified atom stereocenters. The Bertz CT molecular complexity index is 847. The van der Waals surface area contributed by atoms with E-state index in [1.54, 1.807) is 6.07 Å². The van der Waals surface area contributed by atoms with Gasteiger partial charge in [-0.2, -0.15) is 0 Å². The zero-order chi connectivity index (χ0) is 20.6. The van der Waals surface area contributed by atoms with Crippen LogP contribution in [0.1, 0.15) is 11.1 Å². The highest BCUT2D eigenvalue weighted by Gasteiger charge is 2.23. The topological polar surface area (TPSA) is 68.1 Å². The molecule has 1 saturated heterocycles. The van der Waals surface area contributed by atoms with Gasteiger partial charge in [-0.1, -0.05) is 42.5 Å². The average Bonchev–Trinajstić information content (AvgIpc) is 2.75. The molecule has 0 bridgehead atoms. The Labute approximate surface area is 171 Å². The van der Waals surface area contributed by atoms with Crippen LogP contribution in [0.4, 0.5) is 5.69 Å². The fourth-order valence-corrected chi connectivity index (χ4v) is 3.48. The summed E-state index contributed by atoms with van der Waals surface area (Å²) in [6, 6.07) is 13.4. The number of hydrogen-bond donors (Lipinski definition) is 0. The third-order valence-corrected chi connectivity index (χ3v) is 5.11. The quantitative estimate of drug-likeness (QED) is 0.502. The van der Waals surface area contributed by atoms with Gasteiger partial charge in [-0.3, -0.25) is 19.9 Å². The summed E-state index contributed by atoms with van der Waals surface area (Å²) in [5.74, 6) is 0.885. The van der Waals surface area contributed by atoms with Gasteiger partial charge in [0.25, 0.3) is 5.69 Å². The van der Waals surface area contributed by atoms with E-state index >= 15 is 0 Å². The Kier molecular flexibility index (Phi) is 7.21. The van der Waals surface area contributed by atoms with Crippen LogP contribution in [0.15, 0.2) is 48.5 Å². The summed E-state index contributed by atoms with van der Waals surface area (Å²) in [5.41, 5.74) is 1.91. The maximum Gasteiger partial charge on any atom is 0.277 e. The molecule has 1 fully saturated rings. The van der Waals surface area contributed by atoms with Gasteiger partial charge in [0.15, 0.2) is 11.5 Å². The summed E-state index contributed by atoms with van der Waals surface area (Å²) < 4.78 is 10.5. The van der Waals surface area contributed by atoms with Gasteiger partial charge in [0, 0.05) is 44.8 Å². The lowest BCUT2D eigenvalue weighted by atomic mass is 10.1. The standard InChI is InChI=1S/C22H27N3O4/c1-28-21-15-19(20(25(26)27)16-22(21)29-2)17-24-13-11-23(12-14-24)10-6-9-18-7-4-3-5-8-18/h3-9,15-16H,10-14,17H2,1-2H3. The summed E-state index contributed by atoms with van der Waals surface area (Å²) in [6.45, 7) is 5.01. The number of rotatable bonds is 8. The maximum atomic E-state index is 11.5. The van der Waals surface area contributed by atoms with Gasteiger partial charge in [-0.25, -0.2) is 0 Å². The van der Waals surface area contributed by atoms with Crippen molar-refractivity contribution >= 4 is 11.8 Å². The minimum absolute atomic E-state index is 0.0656. The van der Waals surface area contributed by atoms with Crippen molar-refractivity contribution in [2.75, 3.05) is 46.9 Å². The molecule has 1 heterocycles. The van der Waals surface area contributed by atoms with Gasteiger partial charge in [-0.15, -0.1) is 0 Å². The van der Waals surface area contributed by atoms with Crippen molar-refractivity contribution < 1.29 is 14.4 Å². The lowest BCUT2D eigenvalue weighted by molar-refractivity contribution is -0.385. The number of methoxy groups -OCH3 is 2. The second-order valence-corrected chi connectivity index (χ2v) is 6.98. The molecule has 1 aliphatic rings. The first-order valence-electron chi connectivity index (χ1n) is 9.66. The van der Waals surface area contributed by atoms with Crippen LogP contribution in [-0.2, 0) is 6.54 Å². The van der Waals surface area contributed by atoms with Crippen molar-refractivity contribution in [1.29, 1.82) is 0 Å². The van der Waals surface area contributed by atoms with Gasteiger partial charge < -0.3 is 9.47 Å². The molecule has 2 aromatic carbocycles. The lowest BCUT2D eigenvalue weighted by Crippen LogP contribution is -2.45. The van der Waals surface area contributed by atoms with Crippen molar-refractivity contribution in [2.45, 2.75) is 6.54 Å². The van der Waals surface area contributed by atoms with Gasteiger partial charge >= 0.3 is 0 Å². The Hall–Kier alpha value is -2.90. The summed E-state index contributed by atoms with van der Waals surface area (Å²) >= 11 is 0. The predicted molar refractivity (Wildman–Crippen MR) is 113 cm³/mol. The molecule has 0 N–H and O–H groups in total. The van der Waals surface area contributed by atoms with E-state index in [-0.39, 0.29) is 10.6 Å². The number of nitro benzene ring substituents is 1. The minimum Gasteiger partial charge on any atom is -0.493 e. The van der Waals surface area contributed by atoms with E-state index in [1.807, 2.05) is 18.2 Å². The molecule has 7 heteroatoms.